The third kappa shape index (κ3) is 4.14. The van der Waals surface area contributed by atoms with Gasteiger partial charge in [0.25, 0.3) is 0 Å². The molecular formula is C27H30N4. The van der Waals surface area contributed by atoms with E-state index in [4.69, 9.17) is 4.98 Å². The molecule has 0 spiro atoms. The normalized spacial score (nSPS) is 15.6. The van der Waals surface area contributed by atoms with Crippen LogP contribution in [-0.2, 0) is 6.54 Å². The number of benzene rings is 2. The maximum Gasteiger partial charge on any atom is 0.137 e. The number of nitrogens with zero attached hydrogens (tertiary/aromatic N) is 3. The van der Waals surface area contributed by atoms with Crippen LogP contribution in [0, 0.1) is 13.8 Å². The first-order chi connectivity index (χ1) is 15.1. The fourth-order valence-electron chi connectivity index (χ4n) is 4.48. The Labute approximate surface area is 184 Å². The molecule has 1 fully saturated rings. The summed E-state index contributed by atoms with van der Waals surface area (Å²) in [7, 11) is 2.20. The number of hydrogen-bond donors (Lipinski definition) is 1. The van der Waals surface area contributed by atoms with E-state index in [2.05, 4.69) is 90.4 Å². The molecule has 1 N–H and O–H groups in total. The average Bonchev–Trinajstić information content (AvgIpc) is 3.21. The van der Waals surface area contributed by atoms with Gasteiger partial charge < -0.3 is 9.88 Å². The lowest BCUT2D eigenvalue weighted by atomic mass is 9.97. The highest BCUT2D eigenvalue weighted by Crippen LogP contribution is 2.33. The van der Waals surface area contributed by atoms with Gasteiger partial charge in [0.1, 0.15) is 5.65 Å². The van der Waals surface area contributed by atoms with Gasteiger partial charge in [-0.25, -0.2) is 4.98 Å². The van der Waals surface area contributed by atoms with E-state index < -0.39 is 0 Å². The number of piperazine rings is 1. The number of aromatic nitrogens is 2. The molecule has 3 heterocycles. The van der Waals surface area contributed by atoms with E-state index in [0.717, 1.165) is 43.9 Å². The molecule has 0 saturated carbocycles. The van der Waals surface area contributed by atoms with Gasteiger partial charge in [-0.3, -0.25) is 4.90 Å². The largest absolute Gasteiger partial charge is 0.346 e. The van der Waals surface area contributed by atoms with E-state index in [0.29, 0.717) is 0 Å². The summed E-state index contributed by atoms with van der Waals surface area (Å²) >= 11 is 0. The van der Waals surface area contributed by atoms with Gasteiger partial charge in [-0.05, 0) is 49.2 Å². The van der Waals surface area contributed by atoms with E-state index >= 15 is 0 Å². The molecule has 4 heteroatoms. The number of nitrogens with one attached hydrogen (secondary N) is 1. The number of aryl methyl sites for hydroxylation is 2. The van der Waals surface area contributed by atoms with Crippen LogP contribution < -0.4 is 0 Å². The predicted octanol–water partition coefficient (Wildman–Crippen LogP) is 5.26. The lowest BCUT2D eigenvalue weighted by Gasteiger charge is -2.32. The molecule has 0 bridgehead atoms. The van der Waals surface area contributed by atoms with Crippen LogP contribution in [0.15, 0.2) is 60.9 Å². The summed E-state index contributed by atoms with van der Waals surface area (Å²) in [6.07, 6.45) is 4.06. The van der Waals surface area contributed by atoms with E-state index in [9.17, 15) is 0 Å². The standard InChI is InChI=1S/C27H30N4/c1-19-4-5-20(2)24(14-19)26-17-29-27-25(26)15-23(16-28-27)22-8-6-21(7-9-22)18-31-12-10-30(3)11-13-31/h4-9,14-17H,10-13,18H2,1-3H3,(H,28,29). The zero-order valence-corrected chi connectivity index (χ0v) is 18.7. The molecule has 158 valence electrons. The summed E-state index contributed by atoms with van der Waals surface area (Å²) in [4.78, 5) is 13.0. The number of pyridine rings is 1. The predicted molar refractivity (Wildman–Crippen MR) is 129 cm³/mol. The smallest absolute Gasteiger partial charge is 0.137 e. The lowest BCUT2D eigenvalue weighted by Crippen LogP contribution is -2.43. The Hall–Kier alpha value is -2.95. The zero-order valence-electron chi connectivity index (χ0n) is 18.7. The number of rotatable bonds is 4. The van der Waals surface area contributed by atoms with E-state index in [1.54, 1.807) is 0 Å². The van der Waals surface area contributed by atoms with Gasteiger partial charge in [0.2, 0.25) is 0 Å². The topological polar surface area (TPSA) is 35.2 Å². The lowest BCUT2D eigenvalue weighted by molar-refractivity contribution is 0.148. The van der Waals surface area contributed by atoms with Gasteiger partial charge in [-0.2, -0.15) is 0 Å². The SMILES string of the molecule is Cc1ccc(C)c(-c2c[nH]c3ncc(-c4ccc(CN5CCN(C)CC5)cc4)cc23)c1. The van der Waals surface area contributed by atoms with Crippen LogP contribution in [0.25, 0.3) is 33.3 Å². The number of likely N-dealkylation sites (N-methyl/N-ethyl adjacent to an activating group) is 1. The molecule has 2 aromatic heterocycles. The molecule has 0 unspecified atom stereocenters. The highest BCUT2D eigenvalue weighted by molar-refractivity contribution is 5.96. The summed E-state index contributed by atoms with van der Waals surface area (Å²) in [6.45, 7) is 9.95. The highest BCUT2D eigenvalue weighted by atomic mass is 15.2. The van der Waals surface area contributed by atoms with Crippen molar-refractivity contribution in [1.82, 2.24) is 19.8 Å². The van der Waals surface area contributed by atoms with Crippen molar-refractivity contribution in [3.05, 3.63) is 77.6 Å². The summed E-state index contributed by atoms with van der Waals surface area (Å²) in [5.41, 5.74) is 9.73. The Bertz CT molecular complexity index is 1200. The van der Waals surface area contributed by atoms with Crippen molar-refractivity contribution >= 4 is 11.0 Å². The molecule has 2 aromatic carbocycles. The summed E-state index contributed by atoms with van der Waals surface area (Å²) in [6, 6.07) is 17.9. The molecule has 1 saturated heterocycles. The van der Waals surface area contributed by atoms with E-state index in [1.165, 1.54) is 38.8 Å². The van der Waals surface area contributed by atoms with Crippen molar-refractivity contribution in [2.24, 2.45) is 0 Å². The van der Waals surface area contributed by atoms with Crippen LogP contribution in [0.4, 0.5) is 0 Å². The Kier molecular flexibility index (Phi) is 5.34. The van der Waals surface area contributed by atoms with Crippen LogP contribution >= 0.6 is 0 Å². The van der Waals surface area contributed by atoms with Gasteiger partial charge in [0.05, 0.1) is 0 Å². The molecule has 4 aromatic rings. The zero-order chi connectivity index (χ0) is 21.4. The third-order valence-corrected chi connectivity index (χ3v) is 6.50. The molecular weight excluding hydrogens is 380 g/mol. The van der Waals surface area contributed by atoms with Crippen LogP contribution in [0.3, 0.4) is 0 Å². The maximum absolute atomic E-state index is 4.71. The second kappa shape index (κ2) is 8.29. The van der Waals surface area contributed by atoms with Gasteiger partial charge in [-0.1, -0.05) is 48.0 Å². The van der Waals surface area contributed by atoms with Gasteiger partial charge in [0, 0.05) is 61.6 Å². The second-order valence-electron chi connectivity index (χ2n) is 8.92. The van der Waals surface area contributed by atoms with Crippen LogP contribution in [0.2, 0.25) is 0 Å². The minimum absolute atomic E-state index is 0.936. The molecule has 0 amide bonds. The van der Waals surface area contributed by atoms with Crippen molar-refractivity contribution in [3.63, 3.8) is 0 Å². The van der Waals surface area contributed by atoms with Crippen molar-refractivity contribution < 1.29 is 0 Å². The minimum Gasteiger partial charge on any atom is -0.346 e. The van der Waals surface area contributed by atoms with E-state index in [-0.39, 0.29) is 0 Å². The third-order valence-electron chi connectivity index (χ3n) is 6.50. The first kappa shape index (κ1) is 20.0. The quantitative estimate of drug-likeness (QED) is 0.498. The first-order valence-electron chi connectivity index (χ1n) is 11.1. The Morgan fingerprint density at radius 3 is 2.42 bits per heavy atom. The summed E-state index contributed by atoms with van der Waals surface area (Å²) < 4.78 is 0. The number of aromatic amines is 1. The van der Waals surface area contributed by atoms with Crippen molar-refractivity contribution in [2.45, 2.75) is 20.4 Å². The van der Waals surface area contributed by atoms with Gasteiger partial charge >= 0.3 is 0 Å². The molecule has 5 rings (SSSR count). The average molecular weight is 411 g/mol. The number of fused-ring (bicyclic) bond motifs is 1. The molecule has 1 aliphatic heterocycles. The van der Waals surface area contributed by atoms with Crippen LogP contribution in [0.1, 0.15) is 16.7 Å². The van der Waals surface area contributed by atoms with Crippen LogP contribution in [-0.4, -0.2) is 53.0 Å². The van der Waals surface area contributed by atoms with Crippen molar-refractivity contribution in [1.29, 1.82) is 0 Å². The summed E-state index contributed by atoms with van der Waals surface area (Å²) in [5.74, 6) is 0. The van der Waals surface area contributed by atoms with Gasteiger partial charge in [-0.15, -0.1) is 0 Å². The maximum atomic E-state index is 4.71. The fourth-order valence-corrected chi connectivity index (χ4v) is 4.48. The Morgan fingerprint density at radius 2 is 1.65 bits per heavy atom. The van der Waals surface area contributed by atoms with Gasteiger partial charge in [0.15, 0.2) is 0 Å². The Balaban J connectivity index is 1.42. The molecule has 31 heavy (non-hydrogen) atoms. The monoisotopic (exact) mass is 410 g/mol. The number of H-pyrrole nitrogens is 1. The summed E-state index contributed by atoms with van der Waals surface area (Å²) in [5, 5.41) is 1.17. The Morgan fingerprint density at radius 1 is 0.871 bits per heavy atom. The minimum atomic E-state index is 0.936. The molecule has 0 aliphatic carbocycles. The highest BCUT2D eigenvalue weighted by Gasteiger charge is 2.14. The van der Waals surface area contributed by atoms with E-state index in [1.807, 2.05) is 6.20 Å². The molecule has 0 radical (unpaired) electrons. The van der Waals surface area contributed by atoms with Crippen molar-refractivity contribution in [3.8, 4) is 22.3 Å². The second-order valence-corrected chi connectivity index (χ2v) is 8.92. The fraction of sp³-hybridized carbons (Fsp3) is 0.296. The first-order valence-corrected chi connectivity index (χ1v) is 11.1. The molecule has 0 atom stereocenters. The van der Waals surface area contributed by atoms with Crippen molar-refractivity contribution in [2.75, 3.05) is 33.2 Å². The molecule has 1 aliphatic rings. The number of hydrogen-bond acceptors (Lipinski definition) is 3. The van der Waals surface area contributed by atoms with Crippen LogP contribution in [0.5, 0.6) is 0 Å². The molecule has 4 nitrogen and oxygen atoms in total.